The lowest BCUT2D eigenvalue weighted by atomic mass is 10.2. The number of likely N-dealkylation sites (N-methyl/N-ethyl adjacent to an activating group) is 1. The lowest BCUT2D eigenvalue weighted by Gasteiger charge is -2.12. The number of benzene rings is 1. The lowest BCUT2D eigenvalue weighted by Crippen LogP contribution is -2.19. The topological polar surface area (TPSA) is 50.5 Å². The van der Waals surface area contributed by atoms with E-state index in [2.05, 4.69) is 22.3 Å². The van der Waals surface area contributed by atoms with Gasteiger partial charge < -0.3 is 20.7 Å². The van der Waals surface area contributed by atoms with Gasteiger partial charge in [0.1, 0.15) is 12.4 Å². The fourth-order valence-electron chi connectivity index (χ4n) is 1.72. The van der Waals surface area contributed by atoms with E-state index in [0.29, 0.717) is 6.61 Å². The van der Waals surface area contributed by atoms with E-state index in [0.717, 1.165) is 43.9 Å². The highest BCUT2D eigenvalue weighted by Crippen LogP contribution is 2.17. The zero-order valence-corrected chi connectivity index (χ0v) is 12.2. The van der Waals surface area contributed by atoms with Crippen LogP contribution in [0.15, 0.2) is 24.3 Å². The number of nitrogens with one attached hydrogen (secondary N) is 1. The van der Waals surface area contributed by atoms with Gasteiger partial charge in [0.15, 0.2) is 0 Å². The van der Waals surface area contributed by atoms with Crippen molar-refractivity contribution < 1.29 is 4.74 Å². The molecule has 0 saturated carbocycles. The zero-order chi connectivity index (χ0) is 13.9. The van der Waals surface area contributed by atoms with Gasteiger partial charge in [0.25, 0.3) is 0 Å². The highest BCUT2D eigenvalue weighted by atomic mass is 16.5. The molecule has 1 aromatic carbocycles. The average molecular weight is 265 g/mol. The maximum absolute atomic E-state index is 5.70. The highest BCUT2D eigenvalue weighted by molar-refractivity contribution is 5.48. The van der Waals surface area contributed by atoms with Crippen LogP contribution in [0.1, 0.15) is 19.3 Å². The number of nitrogens with zero attached hydrogens (tertiary/aromatic N) is 1. The van der Waals surface area contributed by atoms with Crippen molar-refractivity contribution in [2.75, 3.05) is 45.7 Å². The monoisotopic (exact) mass is 265 g/mol. The Morgan fingerprint density at radius 3 is 2.79 bits per heavy atom. The molecule has 0 amide bonds. The predicted molar refractivity (Wildman–Crippen MR) is 81.9 cm³/mol. The molecule has 1 rings (SSSR count). The van der Waals surface area contributed by atoms with E-state index in [1.165, 1.54) is 6.42 Å². The van der Waals surface area contributed by atoms with E-state index >= 15 is 0 Å². The molecule has 4 nitrogen and oxygen atoms in total. The minimum atomic E-state index is 0.715. The van der Waals surface area contributed by atoms with Crippen LogP contribution in [0.25, 0.3) is 0 Å². The van der Waals surface area contributed by atoms with Gasteiger partial charge in [-0.2, -0.15) is 0 Å². The molecule has 0 aromatic heterocycles. The largest absolute Gasteiger partial charge is 0.492 e. The summed E-state index contributed by atoms with van der Waals surface area (Å²) in [6.45, 7) is 3.42. The molecule has 0 radical (unpaired) electrons. The third-order valence-corrected chi connectivity index (χ3v) is 2.85. The fraction of sp³-hybridized carbons (Fsp3) is 0.600. The molecule has 0 spiro atoms. The summed E-state index contributed by atoms with van der Waals surface area (Å²) in [5.41, 5.74) is 6.59. The quantitative estimate of drug-likeness (QED) is 0.637. The standard InChI is InChI=1S/C15H27N3O/c1-18(2)11-12-19-15-8-6-7-14(13-15)17-10-5-3-4-9-16/h6-8,13,17H,3-5,9-12,16H2,1-2H3. The van der Waals surface area contributed by atoms with Gasteiger partial charge in [-0.25, -0.2) is 0 Å². The van der Waals surface area contributed by atoms with Crippen LogP contribution in [0.3, 0.4) is 0 Å². The van der Waals surface area contributed by atoms with Crippen molar-refractivity contribution in [3.63, 3.8) is 0 Å². The van der Waals surface area contributed by atoms with Crippen molar-refractivity contribution in [1.82, 2.24) is 4.90 Å². The first-order valence-corrected chi connectivity index (χ1v) is 7.04. The number of nitrogens with two attached hydrogens (primary N) is 1. The molecule has 0 atom stereocenters. The number of ether oxygens (including phenoxy) is 1. The maximum Gasteiger partial charge on any atom is 0.121 e. The van der Waals surface area contributed by atoms with Crippen LogP contribution in [0.4, 0.5) is 5.69 Å². The molecule has 19 heavy (non-hydrogen) atoms. The Hall–Kier alpha value is -1.26. The Kier molecular flexibility index (Phi) is 8.02. The predicted octanol–water partition coefficient (Wildman–Crippen LogP) is 2.17. The normalized spacial score (nSPS) is 10.7. The smallest absolute Gasteiger partial charge is 0.121 e. The van der Waals surface area contributed by atoms with E-state index < -0.39 is 0 Å². The second-order valence-corrected chi connectivity index (χ2v) is 4.96. The van der Waals surface area contributed by atoms with Crippen LogP contribution in [-0.2, 0) is 0 Å². The number of unbranched alkanes of at least 4 members (excludes halogenated alkanes) is 2. The average Bonchev–Trinajstić information content (AvgIpc) is 2.39. The minimum absolute atomic E-state index is 0.715. The Morgan fingerprint density at radius 2 is 2.05 bits per heavy atom. The first kappa shape index (κ1) is 15.8. The van der Waals surface area contributed by atoms with Gasteiger partial charge in [0.2, 0.25) is 0 Å². The van der Waals surface area contributed by atoms with Crippen molar-refractivity contribution in [1.29, 1.82) is 0 Å². The summed E-state index contributed by atoms with van der Waals surface area (Å²) >= 11 is 0. The van der Waals surface area contributed by atoms with Crippen LogP contribution < -0.4 is 15.8 Å². The zero-order valence-electron chi connectivity index (χ0n) is 12.2. The van der Waals surface area contributed by atoms with E-state index in [4.69, 9.17) is 10.5 Å². The molecule has 0 aliphatic heterocycles. The van der Waals surface area contributed by atoms with Crippen LogP contribution in [-0.4, -0.2) is 45.2 Å². The molecule has 3 N–H and O–H groups in total. The first-order chi connectivity index (χ1) is 9.22. The third kappa shape index (κ3) is 7.70. The molecule has 4 heteroatoms. The molecule has 0 aliphatic carbocycles. The highest BCUT2D eigenvalue weighted by Gasteiger charge is 1.97. The van der Waals surface area contributed by atoms with Gasteiger partial charge in [-0.1, -0.05) is 12.5 Å². The van der Waals surface area contributed by atoms with Crippen LogP contribution in [0.5, 0.6) is 5.75 Å². The lowest BCUT2D eigenvalue weighted by molar-refractivity contribution is 0.261. The SMILES string of the molecule is CN(C)CCOc1cccc(NCCCCCN)c1. The van der Waals surface area contributed by atoms with Gasteiger partial charge in [-0.15, -0.1) is 0 Å². The van der Waals surface area contributed by atoms with Crippen molar-refractivity contribution in [3.05, 3.63) is 24.3 Å². The molecule has 0 fully saturated rings. The Morgan fingerprint density at radius 1 is 1.21 bits per heavy atom. The van der Waals surface area contributed by atoms with Gasteiger partial charge in [0.05, 0.1) is 0 Å². The van der Waals surface area contributed by atoms with Crippen molar-refractivity contribution in [2.24, 2.45) is 5.73 Å². The van der Waals surface area contributed by atoms with E-state index in [9.17, 15) is 0 Å². The van der Waals surface area contributed by atoms with Gasteiger partial charge in [0, 0.05) is 24.8 Å². The molecule has 0 aliphatic rings. The molecule has 108 valence electrons. The number of anilines is 1. The van der Waals surface area contributed by atoms with E-state index in [1.807, 2.05) is 26.2 Å². The second-order valence-electron chi connectivity index (χ2n) is 4.96. The summed E-state index contributed by atoms with van der Waals surface area (Å²) < 4.78 is 5.70. The summed E-state index contributed by atoms with van der Waals surface area (Å²) in [5, 5.41) is 3.41. The Bertz CT molecular complexity index is 342. The van der Waals surface area contributed by atoms with Gasteiger partial charge >= 0.3 is 0 Å². The summed E-state index contributed by atoms with van der Waals surface area (Å²) in [6.07, 6.45) is 3.45. The third-order valence-electron chi connectivity index (χ3n) is 2.85. The molecule has 0 unspecified atom stereocenters. The molecule has 0 heterocycles. The van der Waals surface area contributed by atoms with Crippen molar-refractivity contribution in [2.45, 2.75) is 19.3 Å². The van der Waals surface area contributed by atoms with Crippen molar-refractivity contribution in [3.8, 4) is 5.75 Å². The van der Waals surface area contributed by atoms with Crippen molar-refractivity contribution >= 4 is 5.69 Å². The minimum Gasteiger partial charge on any atom is -0.492 e. The van der Waals surface area contributed by atoms with Crippen LogP contribution in [0.2, 0.25) is 0 Å². The summed E-state index contributed by atoms with van der Waals surface area (Å²) in [7, 11) is 4.09. The van der Waals surface area contributed by atoms with Crippen LogP contribution >= 0.6 is 0 Å². The molecular formula is C15H27N3O. The fourth-order valence-corrected chi connectivity index (χ4v) is 1.72. The number of rotatable bonds is 10. The van der Waals surface area contributed by atoms with Gasteiger partial charge in [-0.3, -0.25) is 0 Å². The summed E-state index contributed by atoms with van der Waals surface area (Å²) in [5.74, 6) is 0.925. The maximum atomic E-state index is 5.70. The number of hydrogen-bond acceptors (Lipinski definition) is 4. The summed E-state index contributed by atoms with van der Waals surface area (Å²) in [6, 6.07) is 8.14. The summed E-state index contributed by atoms with van der Waals surface area (Å²) in [4.78, 5) is 2.11. The molecular weight excluding hydrogens is 238 g/mol. The van der Waals surface area contributed by atoms with E-state index in [1.54, 1.807) is 0 Å². The Labute approximate surface area is 116 Å². The second kappa shape index (κ2) is 9.64. The molecule has 0 saturated heterocycles. The van der Waals surface area contributed by atoms with E-state index in [-0.39, 0.29) is 0 Å². The molecule has 1 aromatic rings. The Balaban J connectivity index is 2.27. The number of hydrogen-bond donors (Lipinski definition) is 2. The van der Waals surface area contributed by atoms with Gasteiger partial charge in [-0.05, 0) is 45.6 Å². The molecule has 0 bridgehead atoms. The first-order valence-electron chi connectivity index (χ1n) is 7.04. The van der Waals surface area contributed by atoms with Crippen LogP contribution in [0, 0.1) is 0 Å².